The van der Waals surface area contributed by atoms with Gasteiger partial charge in [0.15, 0.2) is 0 Å². The van der Waals surface area contributed by atoms with Crippen molar-refractivity contribution in [1.29, 1.82) is 0 Å². The monoisotopic (exact) mass is 374 g/mol. The molecule has 0 radical (unpaired) electrons. The summed E-state index contributed by atoms with van der Waals surface area (Å²) in [5.74, 6) is -0.951. The third kappa shape index (κ3) is 3.57. The van der Waals surface area contributed by atoms with E-state index in [1.807, 2.05) is 0 Å². The van der Waals surface area contributed by atoms with Crippen LogP contribution in [0.15, 0.2) is 18.6 Å². The number of rotatable bonds is 4. The van der Waals surface area contributed by atoms with Gasteiger partial charge in [0.25, 0.3) is 5.91 Å². The van der Waals surface area contributed by atoms with E-state index in [0.717, 1.165) is 10.4 Å². The zero-order valence-electron chi connectivity index (χ0n) is 14.4. The number of hydrogen-bond donors (Lipinski definition) is 1. The van der Waals surface area contributed by atoms with Crippen LogP contribution < -0.4 is 5.32 Å². The van der Waals surface area contributed by atoms with Crippen LogP contribution >= 0.6 is 11.3 Å². The quantitative estimate of drug-likeness (QED) is 0.820. The number of thiophene rings is 1. The van der Waals surface area contributed by atoms with Crippen LogP contribution in [0.2, 0.25) is 0 Å². The second-order valence-corrected chi connectivity index (χ2v) is 6.77. The molecule has 3 rings (SSSR count). The smallest absolute Gasteiger partial charge is 0.341 e. The fourth-order valence-corrected chi connectivity index (χ4v) is 4.01. The van der Waals surface area contributed by atoms with Gasteiger partial charge in [-0.05, 0) is 18.9 Å². The van der Waals surface area contributed by atoms with Crippen molar-refractivity contribution < 1.29 is 19.1 Å². The van der Waals surface area contributed by atoms with E-state index in [4.69, 9.17) is 4.74 Å². The molecule has 1 aliphatic rings. The maximum Gasteiger partial charge on any atom is 0.341 e. The molecule has 0 saturated heterocycles. The van der Waals surface area contributed by atoms with Crippen molar-refractivity contribution in [2.24, 2.45) is 0 Å². The van der Waals surface area contributed by atoms with Gasteiger partial charge in [-0.2, -0.15) is 0 Å². The lowest BCUT2D eigenvalue weighted by atomic mass is 10.0. The van der Waals surface area contributed by atoms with E-state index in [2.05, 4.69) is 15.3 Å². The molecule has 0 bridgehead atoms. The first-order valence-corrected chi connectivity index (χ1v) is 8.97. The average molecular weight is 374 g/mol. The third-order valence-electron chi connectivity index (χ3n) is 4.00. The second kappa shape index (κ2) is 7.61. The first-order valence-electron chi connectivity index (χ1n) is 8.15. The van der Waals surface area contributed by atoms with Crippen molar-refractivity contribution in [2.75, 3.05) is 18.5 Å². The molecular formula is C17H18N4O4S. The molecule has 0 aromatic carbocycles. The Hall–Kier alpha value is -2.81. The highest BCUT2D eigenvalue weighted by Crippen LogP contribution is 2.37. The summed E-state index contributed by atoms with van der Waals surface area (Å²) in [6, 6.07) is 0. The van der Waals surface area contributed by atoms with Gasteiger partial charge in [-0.15, -0.1) is 11.3 Å². The molecule has 0 saturated carbocycles. The lowest BCUT2D eigenvalue weighted by molar-refractivity contribution is -0.129. The Balaban J connectivity index is 1.95. The SMILES string of the molecule is CCOC(=O)c1c(NC(=O)c2cnccn2)sc2c1CCN(C(C)=O)C2. The predicted molar refractivity (Wildman–Crippen MR) is 95.1 cm³/mol. The number of esters is 1. The fourth-order valence-electron chi connectivity index (χ4n) is 2.76. The number of amides is 2. The number of hydrogen-bond acceptors (Lipinski definition) is 7. The van der Waals surface area contributed by atoms with Gasteiger partial charge < -0.3 is 15.0 Å². The van der Waals surface area contributed by atoms with Gasteiger partial charge in [-0.3, -0.25) is 14.6 Å². The van der Waals surface area contributed by atoms with Gasteiger partial charge in [0.1, 0.15) is 10.7 Å². The highest BCUT2D eigenvalue weighted by molar-refractivity contribution is 7.17. The molecule has 0 atom stereocenters. The molecule has 0 spiro atoms. The summed E-state index contributed by atoms with van der Waals surface area (Å²) < 4.78 is 5.16. The molecule has 1 aliphatic heterocycles. The number of fused-ring (bicyclic) bond motifs is 1. The number of carbonyl (C=O) groups is 3. The van der Waals surface area contributed by atoms with Crippen LogP contribution in [-0.4, -0.2) is 45.8 Å². The Morgan fingerprint density at radius 2 is 2.15 bits per heavy atom. The highest BCUT2D eigenvalue weighted by atomic mass is 32.1. The molecule has 136 valence electrons. The van der Waals surface area contributed by atoms with Gasteiger partial charge in [0, 0.05) is 30.7 Å². The van der Waals surface area contributed by atoms with Crippen LogP contribution in [0, 0.1) is 0 Å². The van der Waals surface area contributed by atoms with Gasteiger partial charge in [0.2, 0.25) is 5.91 Å². The molecule has 1 N–H and O–H groups in total. The summed E-state index contributed by atoms with van der Waals surface area (Å²) >= 11 is 1.29. The van der Waals surface area contributed by atoms with Gasteiger partial charge in [0.05, 0.1) is 24.9 Å². The van der Waals surface area contributed by atoms with E-state index >= 15 is 0 Å². The molecule has 2 aromatic heterocycles. The fraction of sp³-hybridized carbons (Fsp3) is 0.353. The van der Waals surface area contributed by atoms with Crippen LogP contribution in [-0.2, 0) is 22.5 Å². The van der Waals surface area contributed by atoms with E-state index in [1.165, 1.54) is 36.9 Å². The normalized spacial score (nSPS) is 13.1. The number of carbonyl (C=O) groups excluding carboxylic acids is 3. The molecule has 2 amide bonds. The van der Waals surface area contributed by atoms with Crippen LogP contribution in [0.4, 0.5) is 5.00 Å². The van der Waals surface area contributed by atoms with Crippen molar-refractivity contribution >= 4 is 34.1 Å². The predicted octanol–water partition coefficient (Wildman–Crippen LogP) is 1.87. The molecular weight excluding hydrogens is 356 g/mol. The van der Waals surface area contributed by atoms with Crippen LogP contribution in [0.25, 0.3) is 0 Å². The maximum atomic E-state index is 12.5. The molecule has 0 unspecified atom stereocenters. The summed E-state index contributed by atoms with van der Waals surface area (Å²) in [6.07, 6.45) is 4.79. The Morgan fingerprint density at radius 3 is 2.81 bits per heavy atom. The van der Waals surface area contributed by atoms with Gasteiger partial charge >= 0.3 is 5.97 Å². The summed E-state index contributed by atoms with van der Waals surface area (Å²) in [7, 11) is 0. The summed E-state index contributed by atoms with van der Waals surface area (Å²) in [6.45, 7) is 4.43. The molecule has 8 nitrogen and oxygen atoms in total. The lowest BCUT2D eigenvalue weighted by Crippen LogP contribution is -2.34. The first kappa shape index (κ1) is 18.0. The van der Waals surface area contributed by atoms with Crippen molar-refractivity contribution in [1.82, 2.24) is 14.9 Å². The number of anilines is 1. The van der Waals surface area contributed by atoms with E-state index < -0.39 is 11.9 Å². The Labute approximate surface area is 154 Å². The molecule has 3 heterocycles. The Morgan fingerprint density at radius 1 is 1.35 bits per heavy atom. The van der Waals surface area contributed by atoms with E-state index in [9.17, 15) is 14.4 Å². The van der Waals surface area contributed by atoms with Gasteiger partial charge in [-0.25, -0.2) is 9.78 Å². The minimum absolute atomic E-state index is 0.0214. The number of ether oxygens (including phenoxy) is 1. The minimum atomic E-state index is -0.476. The molecule has 2 aromatic rings. The van der Waals surface area contributed by atoms with Crippen molar-refractivity contribution in [2.45, 2.75) is 26.8 Å². The molecule has 0 fully saturated rings. The highest BCUT2D eigenvalue weighted by Gasteiger charge is 2.30. The Kier molecular flexibility index (Phi) is 5.27. The molecule has 26 heavy (non-hydrogen) atoms. The van der Waals surface area contributed by atoms with Gasteiger partial charge in [-0.1, -0.05) is 0 Å². The largest absolute Gasteiger partial charge is 0.462 e. The first-order chi connectivity index (χ1) is 12.5. The zero-order chi connectivity index (χ0) is 18.7. The Bertz CT molecular complexity index is 850. The summed E-state index contributed by atoms with van der Waals surface area (Å²) in [5.41, 5.74) is 1.35. The zero-order valence-corrected chi connectivity index (χ0v) is 15.3. The topological polar surface area (TPSA) is 101 Å². The van der Waals surface area contributed by atoms with Crippen LogP contribution in [0.1, 0.15) is 45.1 Å². The third-order valence-corrected chi connectivity index (χ3v) is 5.14. The van der Waals surface area contributed by atoms with E-state index in [1.54, 1.807) is 11.8 Å². The molecule has 0 aliphatic carbocycles. The van der Waals surface area contributed by atoms with Crippen molar-refractivity contribution in [3.63, 3.8) is 0 Å². The van der Waals surface area contributed by atoms with Crippen LogP contribution in [0.5, 0.6) is 0 Å². The maximum absolute atomic E-state index is 12.5. The molecule has 9 heteroatoms. The minimum Gasteiger partial charge on any atom is -0.462 e. The summed E-state index contributed by atoms with van der Waals surface area (Å²) in [4.78, 5) is 46.9. The van der Waals surface area contributed by atoms with Crippen LogP contribution in [0.3, 0.4) is 0 Å². The number of nitrogens with zero attached hydrogens (tertiary/aromatic N) is 3. The van der Waals surface area contributed by atoms with E-state index in [-0.39, 0.29) is 18.2 Å². The standard InChI is InChI=1S/C17H18N4O4S/c1-3-25-17(24)14-11-4-7-21(10(2)22)9-13(11)26-16(14)20-15(23)12-8-18-5-6-19-12/h5-6,8H,3-4,7,9H2,1-2H3,(H,20,23). The number of nitrogens with one attached hydrogen (secondary N) is 1. The average Bonchev–Trinajstić information content (AvgIpc) is 2.99. The van der Waals surface area contributed by atoms with Crippen molar-refractivity contribution in [3.8, 4) is 0 Å². The van der Waals surface area contributed by atoms with Crippen molar-refractivity contribution in [3.05, 3.63) is 40.3 Å². The van der Waals surface area contributed by atoms with E-state index in [0.29, 0.717) is 30.1 Å². The lowest BCUT2D eigenvalue weighted by Gasteiger charge is -2.25. The second-order valence-electron chi connectivity index (χ2n) is 5.66. The summed E-state index contributed by atoms with van der Waals surface area (Å²) in [5, 5.41) is 3.15. The number of aromatic nitrogens is 2.